The number of nitrogens with one attached hydrogen (secondary N) is 2. The second-order valence-electron chi connectivity index (χ2n) is 6.79. The lowest BCUT2D eigenvalue weighted by molar-refractivity contribution is 0.199. The van der Waals surface area contributed by atoms with Crippen LogP contribution in [-0.4, -0.2) is 26.6 Å². The normalized spacial score (nSPS) is 17.5. The van der Waals surface area contributed by atoms with Gasteiger partial charge in [0.1, 0.15) is 0 Å². The lowest BCUT2D eigenvalue weighted by Crippen LogP contribution is -2.35. The zero-order valence-corrected chi connectivity index (χ0v) is 15.0. The molecule has 0 aliphatic carbocycles. The second kappa shape index (κ2) is 6.31. The molecule has 130 valence electrons. The van der Waals surface area contributed by atoms with Crippen LogP contribution in [0.5, 0.6) is 0 Å². The van der Waals surface area contributed by atoms with Crippen molar-refractivity contribution in [3.05, 3.63) is 88.3 Å². The minimum atomic E-state index is 0.100. The molecule has 0 bridgehead atoms. The summed E-state index contributed by atoms with van der Waals surface area (Å²) >= 11 is 6.61. The smallest absolute Gasteiger partial charge is 0.0775 e. The second-order valence-corrected chi connectivity index (χ2v) is 7.20. The molecule has 0 radical (unpaired) electrons. The summed E-state index contributed by atoms with van der Waals surface area (Å²) in [5.41, 5.74) is 6.11. The fourth-order valence-corrected chi connectivity index (χ4v) is 4.34. The van der Waals surface area contributed by atoms with Crippen molar-refractivity contribution in [3.8, 4) is 0 Å². The van der Waals surface area contributed by atoms with Crippen LogP contribution in [0, 0.1) is 0 Å². The van der Waals surface area contributed by atoms with Crippen LogP contribution < -0.4 is 0 Å². The summed E-state index contributed by atoms with van der Waals surface area (Å²) in [4.78, 5) is 6.14. The third-order valence-electron chi connectivity index (χ3n) is 5.27. The molecule has 0 fully saturated rings. The monoisotopic (exact) mass is 362 g/mol. The maximum absolute atomic E-state index is 6.61. The Balaban J connectivity index is 1.67. The first-order chi connectivity index (χ1) is 12.8. The van der Waals surface area contributed by atoms with E-state index in [2.05, 4.69) is 56.5 Å². The summed E-state index contributed by atoms with van der Waals surface area (Å²) < 4.78 is 0. The van der Waals surface area contributed by atoms with Crippen LogP contribution in [0.2, 0.25) is 5.02 Å². The minimum absolute atomic E-state index is 0.100. The number of hydrogen-bond acceptors (Lipinski definition) is 2. The van der Waals surface area contributed by atoms with E-state index in [0.717, 1.165) is 35.8 Å². The largest absolute Gasteiger partial charge is 0.357 e. The van der Waals surface area contributed by atoms with Crippen molar-refractivity contribution in [1.29, 1.82) is 0 Å². The van der Waals surface area contributed by atoms with Crippen LogP contribution in [0.25, 0.3) is 10.9 Å². The Morgan fingerprint density at radius 1 is 1.08 bits per heavy atom. The van der Waals surface area contributed by atoms with E-state index in [1.54, 1.807) is 6.20 Å². The molecule has 4 nitrogen and oxygen atoms in total. The van der Waals surface area contributed by atoms with E-state index in [4.69, 9.17) is 11.6 Å². The van der Waals surface area contributed by atoms with Crippen molar-refractivity contribution in [2.45, 2.75) is 19.0 Å². The van der Waals surface area contributed by atoms with Crippen LogP contribution >= 0.6 is 11.6 Å². The van der Waals surface area contributed by atoms with Crippen molar-refractivity contribution in [3.63, 3.8) is 0 Å². The van der Waals surface area contributed by atoms with Crippen LogP contribution in [0.4, 0.5) is 0 Å². The van der Waals surface area contributed by atoms with Crippen LogP contribution in [0.1, 0.15) is 28.6 Å². The van der Waals surface area contributed by atoms with Gasteiger partial charge in [-0.15, -0.1) is 0 Å². The van der Waals surface area contributed by atoms with Gasteiger partial charge in [-0.05, 0) is 35.7 Å². The molecule has 3 heterocycles. The molecule has 5 rings (SSSR count). The van der Waals surface area contributed by atoms with Crippen molar-refractivity contribution >= 4 is 22.5 Å². The summed E-state index contributed by atoms with van der Waals surface area (Å²) in [6, 6.07) is 18.8. The Bertz CT molecular complexity index is 1050. The number of H-pyrrole nitrogens is 2. The van der Waals surface area contributed by atoms with Gasteiger partial charge in [0.2, 0.25) is 0 Å². The maximum Gasteiger partial charge on any atom is 0.0775 e. The molecule has 1 unspecified atom stereocenters. The number of hydrogen-bond donors (Lipinski definition) is 2. The van der Waals surface area contributed by atoms with E-state index < -0.39 is 0 Å². The van der Waals surface area contributed by atoms with E-state index >= 15 is 0 Å². The van der Waals surface area contributed by atoms with E-state index in [1.807, 2.05) is 18.2 Å². The standard InChI is InChI=1S/C21H19ClN4/c22-18-7-3-1-6-17(18)21-20-16(15-5-2-4-8-19(15)24-20)10-12-26(21)13-14-9-11-23-25-14/h1-9,11,21,24H,10,12-13H2,(H,23,25). The van der Waals surface area contributed by atoms with Gasteiger partial charge in [-0.1, -0.05) is 48.0 Å². The van der Waals surface area contributed by atoms with E-state index in [9.17, 15) is 0 Å². The Hall–Kier alpha value is -2.56. The van der Waals surface area contributed by atoms with Crippen molar-refractivity contribution in [2.75, 3.05) is 6.54 Å². The Labute approximate surface area is 156 Å². The van der Waals surface area contributed by atoms with Gasteiger partial charge >= 0.3 is 0 Å². The highest BCUT2D eigenvalue weighted by Gasteiger charge is 2.32. The van der Waals surface area contributed by atoms with Crippen molar-refractivity contribution < 1.29 is 0 Å². The molecule has 0 spiro atoms. The SMILES string of the molecule is Clc1ccccc1C1c2[nH]c3ccccc3c2CCN1Cc1ccn[nH]1. The lowest BCUT2D eigenvalue weighted by Gasteiger charge is -2.36. The summed E-state index contributed by atoms with van der Waals surface area (Å²) in [5.74, 6) is 0. The summed E-state index contributed by atoms with van der Waals surface area (Å²) in [7, 11) is 0. The highest BCUT2D eigenvalue weighted by Crippen LogP contribution is 2.40. The molecule has 0 saturated heterocycles. The number of para-hydroxylation sites is 1. The van der Waals surface area contributed by atoms with Gasteiger partial charge in [0, 0.05) is 46.6 Å². The molecule has 0 amide bonds. The predicted molar refractivity (Wildman–Crippen MR) is 104 cm³/mol. The summed E-state index contributed by atoms with van der Waals surface area (Å²) in [5, 5.41) is 9.31. The number of aromatic amines is 2. The van der Waals surface area contributed by atoms with Gasteiger partial charge in [0.25, 0.3) is 0 Å². The van der Waals surface area contributed by atoms with Crippen molar-refractivity contribution in [2.24, 2.45) is 0 Å². The Morgan fingerprint density at radius 3 is 2.77 bits per heavy atom. The third kappa shape index (κ3) is 2.54. The highest BCUT2D eigenvalue weighted by molar-refractivity contribution is 6.31. The molecular formula is C21H19ClN4. The number of halogens is 1. The Morgan fingerprint density at radius 2 is 1.92 bits per heavy atom. The van der Waals surface area contributed by atoms with Crippen LogP contribution in [0.15, 0.2) is 60.8 Å². The molecular weight excluding hydrogens is 344 g/mol. The molecule has 2 aromatic heterocycles. The predicted octanol–water partition coefficient (Wildman–Crippen LogP) is 4.69. The number of aromatic nitrogens is 3. The van der Waals surface area contributed by atoms with Crippen molar-refractivity contribution in [1.82, 2.24) is 20.1 Å². The molecule has 2 aromatic carbocycles. The highest BCUT2D eigenvalue weighted by atomic mass is 35.5. The molecule has 5 heteroatoms. The molecule has 4 aromatic rings. The number of fused-ring (bicyclic) bond motifs is 3. The van der Waals surface area contributed by atoms with Gasteiger partial charge in [0.05, 0.1) is 6.04 Å². The molecule has 0 saturated carbocycles. The van der Waals surface area contributed by atoms with Crippen LogP contribution in [0.3, 0.4) is 0 Å². The first-order valence-electron chi connectivity index (χ1n) is 8.87. The average molecular weight is 363 g/mol. The number of nitrogens with zero attached hydrogens (tertiary/aromatic N) is 2. The molecule has 1 aliphatic heterocycles. The fourth-order valence-electron chi connectivity index (χ4n) is 4.10. The van der Waals surface area contributed by atoms with Gasteiger partial charge < -0.3 is 4.98 Å². The molecule has 1 atom stereocenters. The minimum Gasteiger partial charge on any atom is -0.357 e. The molecule has 2 N–H and O–H groups in total. The summed E-state index contributed by atoms with van der Waals surface area (Å²) in [6.07, 6.45) is 2.83. The summed E-state index contributed by atoms with van der Waals surface area (Å²) in [6.45, 7) is 1.79. The molecule has 26 heavy (non-hydrogen) atoms. The van der Waals surface area contributed by atoms with Crippen LogP contribution in [-0.2, 0) is 13.0 Å². The average Bonchev–Trinajstić information content (AvgIpc) is 3.30. The van der Waals surface area contributed by atoms with Gasteiger partial charge in [-0.25, -0.2) is 0 Å². The van der Waals surface area contributed by atoms with Gasteiger partial charge in [-0.3, -0.25) is 10.00 Å². The lowest BCUT2D eigenvalue weighted by atomic mass is 9.92. The number of benzene rings is 2. The first kappa shape index (κ1) is 15.7. The fraction of sp³-hybridized carbons (Fsp3) is 0.190. The molecule has 1 aliphatic rings. The maximum atomic E-state index is 6.61. The quantitative estimate of drug-likeness (QED) is 0.555. The first-order valence-corrected chi connectivity index (χ1v) is 9.25. The topological polar surface area (TPSA) is 47.7 Å². The zero-order chi connectivity index (χ0) is 17.5. The Kier molecular flexibility index (Phi) is 3.80. The van der Waals surface area contributed by atoms with Gasteiger partial charge in [0.15, 0.2) is 0 Å². The number of rotatable bonds is 3. The zero-order valence-electron chi connectivity index (χ0n) is 14.2. The third-order valence-corrected chi connectivity index (χ3v) is 5.61. The van der Waals surface area contributed by atoms with Gasteiger partial charge in [-0.2, -0.15) is 5.10 Å². The van der Waals surface area contributed by atoms with E-state index in [1.165, 1.54) is 22.2 Å². The van der Waals surface area contributed by atoms with E-state index in [-0.39, 0.29) is 6.04 Å². The van der Waals surface area contributed by atoms with E-state index in [0.29, 0.717) is 0 Å².